The van der Waals surface area contributed by atoms with Crippen molar-refractivity contribution in [1.29, 1.82) is 5.41 Å². The van der Waals surface area contributed by atoms with Gasteiger partial charge in [-0.25, -0.2) is 9.97 Å². The molecule has 0 unspecified atom stereocenters. The van der Waals surface area contributed by atoms with Crippen LogP contribution in [0.3, 0.4) is 0 Å². The largest absolute Gasteiger partial charge is 0.340 e. The van der Waals surface area contributed by atoms with Gasteiger partial charge in [-0.3, -0.25) is 9.98 Å². The molecule has 5 nitrogen and oxygen atoms in total. The lowest BCUT2D eigenvalue weighted by Gasteiger charge is -2.00. The number of hydrogen-bond donors (Lipinski definition) is 2. The number of hydrogen-bond acceptors (Lipinski definition) is 3. The molecule has 0 aliphatic carbocycles. The van der Waals surface area contributed by atoms with Crippen LogP contribution in [-0.2, 0) is 0 Å². The molecule has 0 amide bonds. The third-order valence-corrected chi connectivity index (χ3v) is 2.64. The highest BCUT2D eigenvalue weighted by molar-refractivity contribution is 5.73. The number of aromatic nitrogens is 4. The van der Waals surface area contributed by atoms with Crippen LogP contribution in [0, 0.1) is 5.41 Å². The molecule has 2 heterocycles. The summed E-state index contributed by atoms with van der Waals surface area (Å²) in [5, 5.41) is 7.65. The van der Waals surface area contributed by atoms with Crippen molar-refractivity contribution in [2.45, 2.75) is 0 Å². The Labute approximate surface area is 103 Å². The molecule has 0 atom stereocenters. The number of rotatable bonds is 2. The molecule has 0 saturated carbocycles. The summed E-state index contributed by atoms with van der Waals surface area (Å²) in [4.78, 5) is 11.1. The summed E-state index contributed by atoms with van der Waals surface area (Å²) in [6.45, 7) is 0. The third kappa shape index (κ3) is 1.82. The van der Waals surface area contributed by atoms with Gasteiger partial charge < -0.3 is 4.98 Å². The minimum absolute atomic E-state index is 0.201. The Morgan fingerprint density at radius 2 is 2.00 bits per heavy atom. The van der Waals surface area contributed by atoms with Crippen molar-refractivity contribution in [2.75, 3.05) is 0 Å². The second kappa shape index (κ2) is 4.29. The van der Waals surface area contributed by atoms with Crippen LogP contribution in [0.5, 0.6) is 0 Å². The highest BCUT2D eigenvalue weighted by atomic mass is 15.1. The molecule has 0 radical (unpaired) electrons. The summed E-state index contributed by atoms with van der Waals surface area (Å²) < 4.78 is 1.79. The molecule has 2 aromatic heterocycles. The molecular formula is C13H11N5. The number of aromatic amines is 1. The predicted molar refractivity (Wildman–Crippen MR) is 69.4 cm³/mol. The summed E-state index contributed by atoms with van der Waals surface area (Å²) >= 11 is 0. The van der Waals surface area contributed by atoms with Gasteiger partial charge in [-0.15, -0.1) is 0 Å². The predicted octanol–water partition coefficient (Wildman–Crippen LogP) is 1.87. The monoisotopic (exact) mass is 237 g/mol. The van der Waals surface area contributed by atoms with Crippen LogP contribution >= 0.6 is 0 Å². The Morgan fingerprint density at radius 3 is 2.83 bits per heavy atom. The normalized spacial score (nSPS) is 11.3. The molecule has 3 rings (SSSR count). The fourth-order valence-electron chi connectivity index (χ4n) is 1.74. The molecule has 88 valence electrons. The quantitative estimate of drug-likeness (QED) is 0.714. The summed E-state index contributed by atoms with van der Waals surface area (Å²) in [6, 6.07) is 9.99. The zero-order valence-electron chi connectivity index (χ0n) is 9.54. The first-order chi connectivity index (χ1) is 8.84. The van der Waals surface area contributed by atoms with Crippen LogP contribution in [0.25, 0.3) is 23.4 Å². The molecule has 5 heteroatoms. The summed E-state index contributed by atoms with van der Waals surface area (Å²) in [6.07, 6.45) is 7.01. The van der Waals surface area contributed by atoms with Crippen molar-refractivity contribution in [3.05, 3.63) is 54.0 Å². The van der Waals surface area contributed by atoms with Crippen LogP contribution in [0.2, 0.25) is 0 Å². The van der Waals surface area contributed by atoms with Gasteiger partial charge in [0.25, 0.3) is 0 Å². The van der Waals surface area contributed by atoms with Gasteiger partial charge in [-0.05, 0) is 11.6 Å². The lowest BCUT2D eigenvalue weighted by Crippen LogP contribution is -2.09. The van der Waals surface area contributed by atoms with Crippen molar-refractivity contribution in [3.63, 3.8) is 0 Å². The van der Waals surface area contributed by atoms with E-state index in [4.69, 9.17) is 5.41 Å². The Balaban J connectivity index is 2.06. The number of nitrogens with one attached hydrogen (secondary N) is 2. The van der Waals surface area contributed by atoms with E-state index in [9.17, 15) is 0 Å². The van der Waals surface area contributed by atoms with Crippen molar-refractivity contribution < 1.29 is 0 Å². The Bertz CT molecular complexity index is 752. The Hall–Kier alpha value is -2.69. The maximum atomic E-state index is 7.65. The van der Waals surface area contributed by atoms with Crippen LogP contribution in [0.1, 0.15) is 5.56 Å². The minimum Gasteiger partial charge on any atom is -0.340 e. The van der Waals surface area contributed by atoms with E-state index >= 15 is 0 Å². The zero-order valence-corrected chi connectivity index (χ0v) is 9.54. The van der Waals surface area contributed by atoms with Gasteiger partial charge in [0.05, 0.1) is 6.33 Å². The van der Waals surface area contributed by atoms with Gasteiger partial charge in [0.15, 0.2) is 11.1 Å². The Kier molecular flexibility index (Phi) is 2.49. The molecular weight excluding hydrogens is 226 g/mol. The first-order valence-electron chi connectivity index (χ1n) is 5.52. The van der Waals surface area contributed by atoms with Gasteiger partial charge in [0, 0.05) is 6.20 Å². The van der Waals surface area contributed by atoms with Crippen LogP contribution in [0.15, 0.2) is 43.0 Å². The molecule has 2 N–H and O–H groups in total. The van der Waals surface area contributed by atoms with Crippen molar-refractivity contribution in [2.24, 2.45) is 0 Å². The number of benzene rings is 1. The molecule has 0 saturated heterocycles. The average molecular weight is 237 g/mol. The fraction of sp³-hybridized carbons (Fsp3) is 0. The molecule has 0 spiro atoms. The first-order valence-corrected chi connectivity index (χ1v) is 5.52. The van der Waals surface area contributed by atoms with Gasteiger partial charge in [0.1, 0.15) is 11.8 Å². The smallest absolute Gasteiger partial charge is 0.173 e. The minimum atomic E-state index is 0.201. The van der Waals surface area contributed by atoms with Crippen LogP contribution < -0.4 is 5.49 Å². The standard InChI is InChI=1S/C13H11N5/c14-12-11-13(16-8-15-11)18(9-17-12)7-6-10-4-2-1-3-5-10/h1-9,14H,(H,15,16)/b7-6+,14-12?. The average Bonchev–Trinajstić information content (AvgIpc) is 2.90. The summed E-state index contributed by atoms with van der Waals surface area (Å²) in [7, 11) is 0. The number of H-pyrrole nitrogens is 1. The molecule has 0 aliphatic heterocycles. The van der Waals surface area contributed by atoms with Crippen LogP contribution in [-0.4, -0.2) is 19.5 Å². The van der Waals surface area contributed by atoms with E-state index in [2.05, 4.69) is 15.0 Å². The Morgan fingerprint density at radius 1 is 1.17 bits per heavy atom. The number of fused-ring (bicyclic) bond motifs is 1. The third-order valence-electron chi connectivity index (χ3n) is 2.64. The number of nitrogens with zero attached hydrogens (tertiary/aromatic N) is 3. The molecule has 0 bridgehead atoms. The molecule has 1 aromatic carbocycles. The molecule has 0 fully saturated rings. The highest BCUT2D eigenvalue weighted by Crippen LogP contribution is 2.06. The van der Waals surface area contributed by atoms with E-state index in [0.717, 1.165) is 5.56 Å². The van der Waals surface area contributed by atoms with E-state index in [1.807, 2.05) is 42.6 Å². The maximum Gasteiger partial charge on any atom is 0.173 e. The van der Waals surface area contributed by atoms with Crippen molar-refractivity contribution in [1.82, 2.24) is 19.5 Å². The first kappa shape index (κ1) is 10.5. The molecule has 18 heavy (non-hydrogen) atoms. The lowest BCUT2D eigenvalue weighted by atomic mass is 10.2. The van der Waals surface area contributed by atoms with E-state index in [1.54, 1.807) is 17.2 Å². The second-order valence-corrected chi connectivity index (χ2v) is 3.83. The van der Waals surface area contributed by atoms with Gasteiger partial charge in [-0.2, -0.15) is 0 Å². The highest BCUT2D eigenvalue weighted by Gasteiger charge is 2.01. The van der Waals surface area contributed by atoms with Crippen molar-refractivity contribution in [3.8, 4) is 0 Å². The van der Waals surface area contributed by atoms with Crippen molar-refractivity contribution >= 4 is 23.4 Å². The number of imidazole rings is 1. The molecule has 0 aliphatic rings. The summed E-state index contributed by atoms with van der Waals surface area (Å²) in [5.74, 6) is 0. The SMILES string of the molecule is N=c1ncn(/C=C/c2ccccc2)c2nc[nH]c12. The fourth-order valence-corrected chi connectivity index (χ4v) is 1.74. The van der Waals surface area contributed by atoms with Gasteiger partial charge in [-0.1, -0.05) is 30.3 Å². The van der Waals surface area contributed by atoms with Gasteiger partial charge in [0.2, 0.25) is 0 Å². The maximum absolute atomic E-state index is 7.65. The zero-order chi connectivity index (χ0) is 12.4. The van der Waals surface area contributed by atoms with Crippen LogP contribution in [0.4, 0.5) is 0 Å². The summed E-state index contributed by atoms with van der Waals surface area (Å²) in [5.41, 5.74) is 2.63. The lowest BCUT2D eigenvalue weighted by molar-refractivity contribution is 1.01. The molecule has 3 aromatic rings. The van der Waals surface area contributed by atoms with E-state index < -0.39 is 0 Å². The topological polar surface area (TPSA) is 70.3 Å². The van der Waals surface area contributed by atoms with Gasteiger partial charge >= 0.3 is 0 Å². The van der Waals surface area contributed by atoms with E-state index in [-0.39, 0.29) is 5.49 Å². The van der Waals surface area contributed by atoms with E-state index in [1.165, 1.54) is 0 Å². The van der Waals surface area contributed by atoms with E-state index in [0.29, 0.717) is 11.2 Å². The second-order valence-electron chi connectivity index (χ2n) is 3.83.